The average Bonchev–Trinajstić information content (AvgIpc) is 2.47. The number of carbonyl (C=O) groups excluding carboxylic acids is 1. The Morgan fingerprint density at radius 3 is 1.54 bits per heavy atom. The Kier molecular flexibility index (Phi) is 12.5. The van der Waals surface area contributed by atoms with Gasteiger partial charge in [-0.15, -0.1) is 0 Å². The molecule has 24 heavy (non-hydrogen) atoms. The SMILES string of the molecule is Cc1ccc[nH+]c1C.O=C(O)/C=C/C(=O)O.O=C([O-])/C=C/C(=O)O. The molecule has 0 amide bonds. The molecule has 0 aliphatic heterocycles. The van der Waals surface area contributed by atoms with Gasteiger partial charge in [-0.05, 0) is 19.1 Å². The lowest BCUT2D eigenvalue weighted by Gasteiger charge is -1.85. The molecule has 0 unspecified atom stereocenters. The second-order valence-corrected chi connectivity index (χ2v) is 3.98. The van der Waals surface area contributed by atoms with Crippen molar-refractivity contribution in [3.8, 4) is 0 Å². The average molecular weight is 339 g/mol. The number of carboxylic acids is 4. The van der Waals surface area contributed by atoms with Crippen molar-refractivity contribution in [2.45, 2.75) is 13.8 Å². The second-order valence-electron chi connectivity index (χ2n) is 3.98. The van der Waals surface area contributed by atoms with Gasteiger partial charge in [0.15, 0.2) is 11.9 Å². The predicted octanol–water partition coefficient (Wildman–Crippen LogP) is -0.794. The van der Waals surface area contributed by atoms with E-state index in [2.05, 4.69) is 24.9 Å². The van der Waals surface area contributed by atoms with Crippen LogP contribution in [0.1, 0.15) is 11.3 Å². The number of aromatic nitrogens is 1. The maximum Gasteiger partial charge on any atom is 0.328 e. The quantitative estimate of drug-likeness (QED) is 0.600. The Morgan fingerprint density at radius 2 is 1.33 bits per heavy atom. The van der Waals surface area contributed by atoms with E-state index in [0.717, 1.165) is 0 Å². The normalized spacial score (nSPS) is 9.42. The number of hydrogen-bond donors (Lipinski definition) is 3. The first-order chi connectivity index (χ1) is 11.1. The summed E-state index contributed by atoms with van der Waals surface area (Å²) in [5.41, 5.74) is 2.56. The fourth-order valence-electron chi connectivity index (χ4n) is 0.886. The summed E-state index contributed by atoms with van der Waals surface area (Å²) in [7, 11) is 0. The van der Waals surface area contributed by atoms with Crippen molar-refractivity contribution >= 4 is 23.9 Å². The fraction of sp³-hybridized carbons (Fsp3) is 0.133. The third-order valence-electron chi connectivity index (χ3n) is 2.06. The largest absolute Gasteiger partial charge is 0.545 e. The highest BCUT2D eigenvalue weighted by Gasteiger charge is 1.92. The molecule has 9 heteroatoms. The van der Waals surface area contributed by atoms with Gasteiger partial charge in [-0.2, -0.15) is 0 Å². The number of nitrogens with one attached hydrogen (secondary N) is 1. The second kappa shape index (κ2) is 13.2. The van der Waals surface area contributed by atoms with E-state index in [0.29, 0.717) is 24.3 Å². The Morgan fingerprint density at radius 1 is 0.917 bits per heavy atom. The summed E-state index contributed by atoms with van der Waals surface area (Å²) < 4.78 is 0. The molecule has 9 nitrogen and oxygen atoms in total. The van der Waals surface area contributed by atoms with Gasteiger partial charge < -0.3 is 25.2 Å². The van der Waals surface area contributed by atoms with E-state index in [1.54, 1.807) is 0 Å². The minimum absolute atomic E-state index is 0.447. The van der Waals surface area contributed by atoms with E-state index in [1.165, 1.54) is 11.3 Å². The number of aryl methyl sites for hydroxylation is 2. The summed E-state index contributed by atoms with van der Waals surface area (Å²) >= 11 is 0. The number of rotatable bonds is 4. The highest BCUT2D eigenvalue weighted by molar-refractivity contribution is 5.89. The molecule has 0 aliphatic carbocycles. The molecular formula is C15H17NO8. The van der Waals surface area contributed by atoms with E-state index >= 15 is 0 Å². The van der Waals surface area contributed by atoms with Crippen LogP contribution in [0, 0.1) is 13.8 Å². The van der Waals surface area contributed by atoms with E-state index in [-0.39, 0.29) is 0 Å². The fourth-order valence-corrected chi connectivity index (χ4v) is 0.886. The van der Waals surface area contributed by atoms with Crippen LogP contribution < -0.4 is 10.1 Å². The summed E-state index contributed by atoms with van der Waals surface area (Å²) in [6.07, 6.45) is 3.99. The van der Waals surface area contributed by atoms with Gasteiger partial charge in [0.05, 0.1) is 5.97 Å². The summed E-state index contributed by atoms with van der Waals surface area (Å²) in [5, 5.41) is 32.9. The van der Waals surface area contributed by atoms with Crippen LogP contribution >= 0.6 is 0 Å². The number of H-pyrrole nitrogens is 1. The van der Waals surface area contributed by atoms with E-state index in [9.17, 15) is 24.3 Å². The van der Waals surface area contributed by atoms with Crippen molar-refractivity contribution in [1.82, 2.24) is 0 Å². The molecule has 1 rings (SSSR count). The lowest BCUT2D eigenvalue weighted by molar-refractivity contribution is -0.388. The predicted molar refractivity (Wildman–Crippen MR) is 78.7 cm³/mol. The molecule has 1 heterocycles. The Hall–Kier alpha value is -3.49. The topological polar surface area (TPSA) is 166 Å². The third-order valence-corrected chi connectivity index (χ3v) is 2.06. The maximum absolute atomic E-state index is 9.55. The van der Waals surface area contributed by atoms with E-state index < -0.39 is 23.9 Å². The molecule has 0 fully saturated rings. The zero-order valence-corrected chi connectivity index (χ0v) is 12.9. The monoisotopic (exact) mass is 339 g/mol. The van der Waals surface area contributed by atoms with Crippen molar-refractivity contribution in [3.63, 3.8) is 0 Å². The highest BCUT2D eigenvalue weighted by atomic mass is 16.4. The van der Waals surface area contributed by atoms with Crippen LogP contribution in [-0.4, -0.2) is 39.2 Å². The number of pyridine rings is 1. The smallest absolute Gasteiger partial charge is 0.328 e. The number of aliphatic carboxylic acids is 4. The van der Waals surface area contributed by atoms with Crippen molar-refractivity contribution in [1.29, 1.82) is 0 Å². The molecule has 1 aromatic heterocycles. The van der Waals surface area contributed by atoms with Crippen LogP contribution in [0.15, 0.2) is 42.6 Å². The van der Waals surface area contributed by atoms with Gasteiger partial charge in [0.2, 0.25) is 0 Å². The lowest BCUT2D eigenvalue weighted by atomic mass is 10.2. The zero-order chi connectivity index (χ0) is 19.1. The molecule has 1 aromatic rings. The molecular weight excluding hydrogens is 322 g/mol. The van der Waals surface area contributed by atoms with Gasteiger partial charge in [0, 0.05) is 36.8 Å². The van der Waals surface area contributed by atoms with Crippen LogP contribution in [0.2, 0.25) is 0 Å². The first-order valence-corrected chi connectivity index (χ1v) is 6.26. The van der Waals surface area contributed by atoms with Crippen LogP contribution in [-0.2, 0) is 19.2 Å². The standard InChI is InChI=1S/C7H9N.2C4H4O4/c1-6-4-3-5-8-7(6)2;2*5-3(6)1-2-4(7)8/h3-5H,1-2H3;2*1-2H,(H,5,6)(H,7,8)/b;2*2-1+. The maximum atomic E-state index is 9.55. The molecule has 0 saturated heterocycles. The third kappa shape index (κ3) is 18.5. The van der Waals surface area contributed by atoms with Gasteiger partial charge in [0.1, 0.15) is 0 Å². The van der Waals surface area contributed by atoms with E-state index in [1.807, 2.05) is 12.3 Å². The Balaban J connectivity index is 0. The zero-order valence-electron chi connectivity index (χ0n) is 12.9. The Bertz CT molecular complexity index is 547. The van der Waals surface area contributed by atoms with Crippen molar-refractivity contribution < 1.29 is 44.6 Å². The highest BCUT2D eigenvalue weighted by Crippen LogP contribution is 1.94. The van der Waals surface area contributed by atoms with Gasteiger partial charge in [0.25, 0.3) is 0 Å². The number of hydrogen-bond acceptors (Lipinski definition) is 5. The first-order valence-electron chi connectivity index (χ1n) is 6.26. The first kappa shape index (κ1) is 22.8. The molecule has 0 spiro atoms. The minimum Gasteiger partial charge on any atom is -0.545 e. The summed E-state index contributed by atoms with van der Waals surface area (Å²) in [5.74, 6) is -5.32. The van der Waals surface area contributed by atoms with Gasteiger partial charge in [-0.3, -0.25) is 0 Å². The van der Waals surface area contributed by atoms with Crippen molar-refractivity contribution in [2.75, 3.05) is 0 Å². The molecule has 0 aromatic carbocycles. The van der Waals surface area contributed by atoms with Crippen LogP contribution in [0.4, 0.5) is 0 Å². The number of carbonyl (C=O) groups is 4. The number of aromatic amines is 1. The molecule has 0 aliphatic rings. The lowest BCUT2D eigenvalue weighted by Crippen LogP contribution is -2.19. The van der Waals surface area contributed by atoms with Crippen LogP contribution in [0.3, 0.4) is 0 Å². The number of carboxylic acid groups (broad SMARTS) is 4. The molecule has 0 bridgehead atoms. The van der Waals surface area contributed by atoms with Crippen molar-refractivity contribution in [2.24, 2.45) is 0 Å². The van der Waals surface area contributed by atoms with E-state index in [4.69, 9.17) is 15.3 Å². The van der Waals surface area contributed by atoms with Gasteiger partial charge >= 0.3 is 17.9 Å². The molecule has 0 atom stereocenters. The summed E-state index contributed by atoms with van der Waals surface area (Å²) in [6, 6.07) is 4.09. The minimum atomic E-state index is -1.51. The van der Waals surface area contributed by atoms with Gasteiger partial charge in [-0.1, -0.05) is 0 Å². The van der Waals surface area contributed by atoms with Gasteiger partial charge in [-0.25, -0.2) is 19.4 Å². The molecule has 4 N–H and O–H groups in total. The Labute approximate surface area is 137 Å². The van der Waals surface area contributed by atoms with Crippen molar-refractivity contribution in [3.05, 3.63) is 53.9 Å². The molecule has 0 saturated carbocycles. The molecule has 130 valence electrons. The summed E-state index contributed by atoms with van der Waals surface area (Å²) in [4.78, 5) is 41.2. The van der Waals surface area contributed by atoms with Crippen LogP contribution in [0.25, 0.3) is 0 Å². The molecule has 0 radical (unpaired) electrons. The van der Waals surface area contributed by atoms with Crippen LogP contribution in [0.5, 0.6) is 0 Å². The summed E-state index contributed by atoms with van der Waals surface area (Å²) in [6.45, 7) is 4.15.